The first-order chi connectivity index (χ1) is 12.7. The average molecular weight is 370 g/mol. The summed E-state index contributed by atoms with van der Waals surface area (Å²) in [5.41, 5.74) is 2.62. The first kappa shape index (κ1) is 18.9. The van der Waals surface area contributed by atoms with Gasteiger partial charge >= 0.3 is 6.03 Å². The van der Waals surface area contributed by atoms with Crippen molar-refractivity contribution in [1.29, 1.82) is 0 Å². The average Bonchev–Trinajstić information content (AvgIpc) is 2.60. The molecule has 1 heterocycles. The van der Waals surface area contributed by atoms with E-state index in [1.54, 1.807) is 25.3 Å². The van der Waals surface area contributed by atoms with Gasteiger partial charge in [-0.3, -0.25) is 15.0 Å². The van der Waals surface area contributed by atoms with Crippen LogP contribution in [0, 0.1) is 5.82 Å². The van der Waals surface area contributed by atoms with Gasteiger partial charge in [-0.2, -0.15) is 0 Å². The number of amides is 3. The van der Waals surface area contributed by atoms with Crippen LogP contribution in [0.25, 0.3) is 11.1 Å². The minimum Gasteiger partial charge on any atom is -0.496 e. The molecule has 2 aromatic carbocycles. The minimum atomic E-state index is -0.457. The SMILES string of the molecule is COc1c(-c2cccc(F)c2)cc(N2CCC(=O)NC2=O)cc1C(C)(C)C. The van der Waals surface area contributed by atoms with E-state index in [1.807, 2.05) is 26.8 Å². The molecule has 1 N–H and O–H groups in total. The van der Waals surface area contributed by atoms with Crippen molar-refractivity contribution < 1.29 is 18.7 Å². The molecule has 142 valence electrons. The maximum absolute atomic E-state index is 13.8. The van der Waals surface area contributed by atoms with E-state index < -0.39 is 6.03 Å². The van der Waals surface area contributed by atoms with Crippen LogP contribution in [-0.4, -0.2) is 25.6 Å². The van der Waals surface area contributed by atoms with Crippen molar-refractivity contribution in [2.75, 3.05) is 18.6 Å². The summed E-state index contributed by atoms with van der Waals surface area (Å²) < 4.78 is 19.5. The lowest BCUT2D eigenvalue weighted by Crippen LogP contribution is -2.49. The number of carbonyl (C=O) groups excluding carboxylic acids is 2. The lowest BCUT2D eigenvalue weighted by Gasteiger charge is -2.30. The molecule has 0 aliphatic carbocycles. The first-order valence-corrected chi connectivity index (χ1v) is 8.80. The highest BCUT2D eigenvalue weighted by molar-refractivity contribution is 6.06. The van der Waals surface area contributed by atoms with Crippen LogP contribution in [0.1, 0.15) is 32.8 Å². The van der Waals surface area contributed by atoms with Gasteiger partial charge in [0.2, 0.25) is 5.91 Å². The summed E-state index contributed by atoms with van der Waals surface area (Å²) in [6.45, 7) is 6.43. The molecule has 5 nitrogen and oxygen atoms in total. The molecule has 3 rings (SSSR count). The van der Waals surface area contributed by atoms with E-state index in [0.717, 1.165) is 5.56 Å². The fraction of sp³-hybridized carbons (Fsp3) is 0.333. The third kappa shape index (κ3) is 3.79. The molecular weight excluding hydrogens is 347 g/mol. The second kappa shape index (κ2) is 7.02. The zero-order chi connectivity index (χ0) is 19.8. The maximum atomic E-state index is 13.8. The topological polar surface area (TPSA) is 58.6 Å². The van der Waals surface area contributed by atoms with E-state index in [-0.39, 0.29) is 23.6 Å². The van der Waals surface area contributed by atoms with Crippen molar-refractivity contribution >= 4 is 17.6 Å². The molecule has 0 radical (unpaired) electrons. The van der Waals surface area contributed by atoms with Crippen LogP contribution in [0.3, 0.4) is 0 Å². The van der Waals surface area contributed by atoms with E-state index in [1.165, 1.54) is 17.0 Å². The number of nitrogens with zero attached hydrogens (tertiary/aromatic N) is 1. The second-order valence-electron chi connectivity index (χ2n) is 7.59. The molecule has 0 unspecified atom stereocenters. The van der Waals surface area contributed by atoms with Crippen molar-refractivity contribution in [3.63, 3.8) is 0 Å². The smallest absolute Gasteiger partial charge is 0.328 e. The number of nitrogens with one attached hydrogen (secondary N) is 1. The summed E-state index contributed by atoms with van der Waals surface area (Å²) in [7, 11) is 1.58. The molecule has 0 saturated carbocycles. The van der Waals surface area contributed by atoms with Crippen LogP contribution in [0.15, 0.2) is 36.4 Å². The van der Waals surface area contributed by atoms with Crippen LogP contribution in [0.4, 0.5) is 14.9 Å². The van der Waals surface area contributed by atoms with Gasteiger partial charge in [0.1, 0.15) is 11.6 Å². The van der Waals surface area contributed by atoms with E-state index in [4.69, 9.17) is 4.74 Å². The van der Waals surface area contributed by atoms with Gasteiger partial charge in [0.05, 0.1) is 7.11 Å². The molecular formula is C21H23FN2O3. The van der Waals surface area contributed by atoms with Gasteiger partial charge in [0.25, 0.3) is 0 Å². The Morgan fingerprint density at radius 3 is 2.48 bits per heavy atom. The number of urea groups is 1. The molecule has 0 bridgehead atoms. The molecule has 2 aromatic rings. The molecule has 27 heavy (non-hydrogen) atoms. The second-order valence-corrected chi connectivity index (χ2v) is 7.59. The fourth-order valence-corrected chi connectivity index (χ4v) is 3.23. The van der Waals surface area contributed by atoms with E-state index >= 15 is 0 Å². The van der Waals surface area contributed by atoms with Crippen LogP contribution in [0.2, 0.25) is 0 Å². The zero-order valence-electron chi connectivity index (χ0n) is 15.9. The predicted molar refractivity (Wildman–Crippen MR) is 103 cm³/mol. The number of rotatable bonds is 3. The van der Waals surface area contributed by atoms with Gasteiger partial charge in [-0.05, 0) is 35.2 Å². The van der Waals surface area contributed by atoms with E-state index in [2.05, 4.69) is 5.32 Å². The number of ether oxygens (including phenoxy) is 1. The third-order valence-corrected chi connectivity index (χ3v) is 4.59. The van der Waals surface area contributed by atoms with Crippen LogP contribution in [-0.2, 0) is 10.2 Å². The zero-order valence-corrected chi connectivity index (χ0v) is 15.9. The van der Waals surface area contributed by atoms with Gasteiger partial charge in [0.15, 0.2) is 0 Å². The Morgan fingerprint density at radius 2 is 1.89 bits per heavy atom. The largest absolute Gasteiger partial charge is 0.496 e. The summed E-state index contributed by atoms with van der Waals surface area (Å²) in [6, 6.07) is 9.51. The van der Waals surface area contributed by atoms with Gasteiger partial charge in [-0.25, -0.2) is 9.18 Å². The van der Waals surface area contributed by atoms with Gasteiger partial charge in [-0.15, -0.1) is 0 Å². The maximum Gasteiger partial charge on any atom is 0.328 e. The third-order valence-electron chi connectivity index (χ3n) is 4.59. The molecule has 0 aromatic heterocycles. The Labute approximate surface area is 158 Å². The molecule has 6 heteroatoms. The van der Waals surface area contributed by atoms with Crippen molar-refractivity contribution in [2.24, 2.45) is 0 Å². The highest BCUT2D eigenvalue weighted by atomic mass is 19.1. The summed E-state index contributed by atoms with van der Waals surface area (Å²) in [6.07, 6.45) is 0.234. The van der Waals surface area contributed by atoms with E-state index in [9.17, 15) is 14.0 Å². The highest BCUT2D eigenvalue weighted by Crippen LogP contribution is 2.42. The summed E-state index contributed by atoms with van der Waals surface area (Å²) in [5, 5.41) is 2.34. The Hall–Kier alpha value is -2.89. The molecule has 0 spiro atoms. The lowest BCUT2D eigenvalue weighted by atomic mass is 9.83. The molecule has 0 atom stereocenters. The van der Waals surface area contributed by atoms with Crippen LogP contribution < -0.4 is 15.0 Å². The van der Waals surface area contributed by atoms with Crippen molar-refractivity contribution in [1.82, 2.24) is 5.32 Å². The summed E-state index contributed by atoms with van der Waals surface area (Å²) >= 11 is 0. The number of hydrogen-bond donors (Lipinski definition) is 1. The first-order valence-electron chi connectivity index (χ1n) is 8.80. The molecule has 1 aliphatic heterocycles. The van der Waals surface area contributed by atoms with Gasteiger partial charge in [0, 0.05) is 29.8 Å². The fourth-order valence-electron chi connectivity index (χ4n) is 3.23. The van der Waals surface area contributed by atoms with Crippen LogP contribution >= 0.6 is 0 Å². The number of carbonyl (C=O) groups is 2. The van der Waals surface area contributed by atoms with Gasteiger partial charge < -0.3 is 4.74 Å². The number of methoxy groups -OCH3 is 1. The number of anilines is 1. The Balaban J connectivity index is 2.22. The van der Waals surface area contributed by atoms with Crippen LogP contribution in [0.5, 0.6) is 5.75 Å². The predicted octanol–water partition coefficient (Wildman–Crippen LogP) is 4.25. The van der Waals surface area contributed by atoms with Crippen molar-refractivity contribution in [3.8, 4) is 16.9 Å². The molecule has 1 saturated heterocycles. The summed E-state index contributed by atoms with van der Waals surface area (Å²) in [4.78, 5) is 25.3. The van der Waals surface area contributed by atoms with Crippen molar-refractivity contribution in [3.05, 3.63) is 47.8 Å². The number of halogens is 1. The molecule has 3 amide bonds. The number of benzene rings is 2. The standard InChI is InChI=1S/C21H23FN2O3/c1-21(2,3)17-12-15(24-9-8-18(25)23-20(24)26)11-16(19(17)27-4)13-6-5-7-14(22)10-13/h5-7,10-12H,8-9H2,1-4H3,(H,23,25,26). The van der Waals surface area contributed by atoms with Gasteiger partial charge in [-0.1, -0.05) is 32.9 Å². The lowest BCUT2D eigenvalue weighted by molar-refractivity contribution is -0.120. The summed E-state index contributed by atoms with van der Waals surface area (Å²) in [5.74, 6) is 0.00933. The van der Waals surface area contributed by atoms with Crippen molar-refractivity contribution in [2.45, 2.75) is 32.6 Å². The monoisotopic (exact) mass is 370 g/mol. The number of imide groups is 1. The highest BCUT2D eigenvalue weighted by Gasteiger charge is 2.29. The normalized spacial score (nSPS) is 14.9. The quantitative estimate of drug-likeness (QED) is 0.879. The Bertz CT molecular complexity index is 903. The minimum absolute atomic E-state index is 0.234. The number of hydrogen-bond acceptors (Lipinski definition) is 3. The molecule has 1 fully saturated rings. The Morgan fingerprint density at radius 1 is 1.15 bits per heavy atom. The Kier molecular flexibility index (Phi) is 4.91. The molecule has 1 aliphatic rings. The van der Waals surface area contributed by atoms with E-state index in [0.29, 0.717) is 29.1 Å².